The maximum absolute atomic E-state index is 12.7. The van der Waals surface area contributed by atoms with Crippen LogP contribution in [-0.4, -0.2) is 47.0 Å². The van der Waals surface area contributed by atoms with Crippen molar-refractivity contribution >= 4 is 17.5 Å². The minimum absolute atomic E-state index is 0.0952. The normalized spacial score (nSPS) is 13.9. The van der Waals surface area contributed by atoms with E-state index in [1.54, 1.807) is 6.33 Å². The number of piperazine rings is 1. The molecule has 0 unspecified atom stereocenters. The first-order chi connectivity index (χ1) is 14.6. The first kappa shape index (κ1) is 19.9. The molecule has 0 spiro atoms. The maximum Gasteiger partial charge on any atom is 0.253 e. The zero-order valence-electron chi connectivity index (χ0n) is 17.5. The molecular weight excluding hydrogens is 374 g/mol. The smallest absolute Gasteiger partial charge is 0.253 e. The maximum atomic E-state index is 12.7. The van der Waals surface area contributed by atoms with E-state index in [2.05, 4.69) is 51.4 Å². The summed E-state index contributed by atoms with van der Waals surface area (Å²) < 4.78 is 0. The van der Waals surface area contributed by atoms with Gasteiger partial charge in [-0.25, -0.2) is 9.97 Å². The summed E-state index contributed by atoms with van der Waals surface area (Å²) in [5.74, 6) is 1.79. The molecule has 0 atom stereocenters. The molecule has 1 saturated heterocycles. The SMILES string of the molecule is Cc1ccc(CNc2cc(N3CCN(C(=O)c4ccc(C)cc4)CC3)ncn2)cc1. The van der Waals surface area contributed by atoms with Crippen LogP contribution < -0.4 is 10.2 Å². The summed E-state index contributed by atoms with van der Waals surface area (Å²) in [5.41, 5.74) is 4.37. The Bertz CT molecular complexity index is 993. The predicted molar refractivity (Wildman–Crippen MR) is 120 cm³/mol. The molecule has 0 radical (unpaired) electrons. The van der Waals surface area contributed by atoms with Gasteiger partial charge in [-0.05, 0) is 31.5 Å². The standard InChI is InChI=1S/C24H27N5O/c1-18-3-7-20(8-4-18)16-25-22-15-23(27-17-26-22)28-11-13-29(14-12-28)24(30)21-9-5-19(2)6-10-21/h3-10,15,17H,11-14,16H2,1-2H3,(H,25,26,27). The third-order valence-corrected chi connectivity index (χ3v) is 5.44. The first-order valence-electron chi connectivity index (χ1n) is 10.3. The molecule has 154 valence electrons. The van der Waals surface area contributed by atoms with Gasteiger partial charge in [0, 0.05) is 44.4 Å². The number of nitrogens with one attached hydrogen (secondary N) is 1. The molecule has 0 saturated carbocycles. The number of hydrogen-bond donors (Lipinski definition) is 1. The van der Waals surface area contributed by atoms with Crippen LogP contribution in [0.5, 0.6) is 0 Å². The highest BCUT2D eigenvalue weighted by atomic mass is 16.2. The average Bonchev–Trinajstić information content (AvgIpc) is 2.79. The fourth-order valence-electron chi connectivity index (χ4n) is 3.53. The van der Waals surface area contributed by atoms with E-state index in [9.17, 15) is 4.79 Å². The van der Waals surface area contributed by atoms with Gasteiger partial charge in [0.2, 0.25) is 0 Å². The third kappa shape index (κ3) is 4.76. The summed E-state index contributed by atoms with van der Waals surface area (Å²) in [4.78, 5) is 25.6. The molecule has 1 aliphatic heterocycles. The summed E-state index contributed by atoms with van der Waals surface area (Å²) in [6, 6.07) is 18.2. The average molecular weight is 402 g/mol. The Labute approximate surface area is 177 Å². The number of aryl methyl sites for hydroxylation is 2. The highest BCUT2D eigenvalue weighted by Crippen LogP contribution is 2.18. The van der Waals surface area contributed by atoms with Gasteiger partial charge in [-0.1, -0.05) is 47.5 Å². The Hall–Kier alpha value is -3.41. The monoisotopic (exact) mass is 401 g/mol. The molecule has 3 aromatic rings. The highest BCUT2D eigenvalue weighted by Gasteiger charge is 2.23. The lowest BCUT2D eigenvalue weighted by Gasteiger charge is -2.35. The van der Waals surface area contributed by atoms with Crippen LogP contribution in [-0.2, 0) is 6.54 Å². The van der Waals surface area contributed by atoms with Gasteiger partial charge < -0.3 is 15.1 Å². The minimum Gasteiger partial charge on any atom is -0.366 e. The van der Waals surface area contributed by atoms with Crippen LogP contribution >= 0.6 is 0 Å². The van der Waals surface area contributed by atoms with Crippen LogP contribution in [0.3, 0.4) is 0 Å². The van der Waals surface area contributed by atoms with Gasteiger partial charge >= 0.3 is 0 Å². The molecule has 1 N–H and O–H groups in total. The van der Waals surface area contributed by atoms with Crippen LogP contribution in [0.4, 0.5) is 11.6 Å². The summed E-state index contributed by atoms with van der Waals surface area (Å²) >= 11 is 0. The second-order valence-electron chi connectivity index (χ2n) is 7.75. The quantitative estimate of drug-likeness (QED) is 0.707. The van der Waals surface area contributed by atoms with Crippen molar-refractivity contribution in [1.29, 1.82) is 0 Å². The van der Waals surface area contributed by atoms with Crippen LogP contribution in [0.1, 0.15) is 27.0 Å². The number of carbonyl (C=O) groups is 1. The van der Waals surface area contributed by atoms with Crippen LogP contribution in [0.2, 0.25) is 0 Å². The summed E-state index contributed by atoms with van der Waals surface area (Å²) in [6.07, 6.45) is 1.59. The predicted octanol–water partition coefficient (Wildman–Crippen LogP) is 3.67. The van der Waals surface area contributed by atoms with E-state index >= 15 is 0 Å². The minimum atomic E-state index is 0.0952. The van der Waals surface area contributed by atoms with Crippen LogP contribution in [0.25, 0.3) is 0 Å². The number of anilines is 2. The second kappa shape index (κ2) is 8.95. The van der Waals surface area contributed by atoms with Gasteiger partial charge in [-0.15, -0.1) is 0 Å². The highest BCUT2D eigenvalue weighted by molar-refractivity contribution is 5.94. The number of rotatable bonds is 5. The molecule has 4 rings (SSSR count). The molecule has 0 bridgehead atoms. The van der Waals surface area contributed by atoms with Gasteiger partial charge in [-0.2, -0.15) is 0 Å². The van der Waals surface area contributed by atoms with E-state index in [-0.39, 0.29) is 5.91 Å². The molecule has 1 amide bonds. The Kier molecular flexibility index (Phi) is 5.93. The third-order valence-electron chi connectivity index (χ3n) is 5.44. The molecule has 6 nitrogen and oxygen atoms in total. The Morgan fingerprint density at radius 2 is 1.53 bits per heavy atom. The largest absolute Gasteiger partial charge is 0.366 e. The summed E-state index contributed by atoms with van der Waals surface area (Å²) in [6.45, 7) is 7.71. The lowest BCUT2D eigenvalue weighted by Crippen LogP contribution is -2.49. The summed E-state index contributed by atoms with van der Waals surface area (Å²) in [5, 5.41) is 3.37. The zero-order chi connectivity index (χ0) is 20.9. The molecule has 1 fully saturated rings. The molecule has 0 aliphatic carbocycles. The van der Waals surface area contributed by atoms with Gasteiger partial charge in [0.15, 0.2) is 0 Å². The number of aromatic nitrogens is 2. The van der Waals surface area contributed by atoms with Crippen molar-refractivity contribution in [1.82, 2.24) is 14.9 Å². The molecule has 1 aromatic heterocycles. The number of amides is 1. The number of benzene rings is 2. The number of nitrogens with zero attached hydrogens (tertiary/aromatic N) is 4. The topological polar surface area (TPSA) is 61.4 Å². The van der Waals surface area contributed by atoms with E-state index in [1.807, 2.05) is 42.2 Å². The Balaban J connectivity index is 1.34. The van der Waals surface area contributed by atoms with Crippen molar-refractivity contribution in [2.45, 2.75) is 20.4 Å². The van der Waals surface area contributed by atoms with Crippen LogP contribution in [0, 0.1) is 13.8 Å². The van der Waals surface area contributed by atoms with Crippen LogP contribution in [0.15, 0.2) is 60.9 Å². The zero-order valence-corrected chi connectivity index (χ0v) is 17.5. The van der Waals surface area contributed by atoms with E-state index in [4.69, 9.17) is 0 Å². The van der Waals surface area contributed by atoms with E-state index in [1.165, 1.54) is 11.1 Å². The van der Waals surface area contributed by atoms with Crippen molar-refractivity contribution < 1.29 is 4.79 Å². The van der Waals surface area contributed by atoms with E-state index < -0.39 is 0 Å². The molecule has 30 heavy (non-hydrogen) atoms. The molecular formula is C24H27N5O. The van der Waals surface area contributed by atoms with Crippen molar-refractivity contribution in [3.8, 4) is 0 Å². The van der Waals surface area contributed by atoms with Crippen molar-refractivity contribution in [3.05, 3.63) is 83.2 Å². The van der Waals surface area contributed by atoms with Crippen molar-refractivity contribution in [3.63, 3.8) is 0 Å². The lowest BCUT2D eigenvalue weighted by atomic mass is 10.1. The summed E-state index contributed by atoms with van der Waals surface area (Å²) in [7, 11) is 0. The second-order valence-corrected chi connectivity index (χ2v) is 7.75. The van der Waals surface area contributed by atoms with Gasteiger partial charge in [0.05, 0.1) is 0 Å². The Morgan fingerprint density at radius 1 is 0.900 bits per heavy atom. The number of hydrogen-bond acceptors (Lipinski definition) is 5. The van der Waals surface area contributed by atoms with E-state index in [0.29, 0.717) is 13.1 Å². The van der Waals surface area contributed by atoms with Crippen molar-refractivity contribution in [2.24, 2.45) is 0 Å². The van der Waals surface area contributed by atoms with Crippen molar-refractivity contribution in [2.75, 3.05) is 36.4 Å². The molecule has 2 heterocycles. The van der Waals surface area contributed by atoms with E-state index in [0.717, 1.165) is 42.4 Å². The molecule has 1 aliphatic rings. The fraction of sp³-hybridized carbons (Fsp3) is 0.292. The first-order valence-corrected chi connectivity index (χ1v) is 10.3. The molecule has 2 aromatic carbocycles. The number of carbonyl (C=O) groups excluding carboxylic acids is 1. The lowest BCUT2D eigenvalue weighted by molar-refractivity contribution is 0.0746. The Morgan fingerprint density at radius 3 is 2.20 bits per heavy atom. The molecule has 6 heteroatoms. The fourth-order valence-corrected chi connectivity index (χ4v) is 3.53. The van der Waals surface area contributed by atoms with Gasteiger partial charge in [-0.3, -0.25) is 4.79 Å². The van der Waals surface area contributed by atoms with Gasteiger partial charge in [0.1, 0.15) is 18.0 Å². The van der Waals surface area contributed by atoms with Gasteiger partial charge in [0.25, 0.3) is 5.91 Å².